The zero-order valence-corrected chi connectivity index (χ0v) is 20.9. The highest BCUT2D eigenvalue weighted by Crippen LogP contribution is 2.36. The zero-order chi connectivity index (χ0) is 26.4. The van der Waals surface area contributed by atoms with E-state index in [0.717, 1.165) is 6.07 Å². The number of alkyl halides is 3. The van der Waals surface area contributed by atoms with Crippen molar-refractivity contribution in [3.05, 3.63) is 77.0 Å². The van der Waals surface area contributed by atoms with E-state index in [1.807, 2.05) is 0 Å². The van der Waals surface area contributed by atoms with Gasteiger partial charge in [0.2, 0.25) is 5.88 Å². The number of carbonyl (C=O) groups excluding carboxylic acids is 1. The summed E-state index contributed by atoms with van der Waals surface area (Å²) in [6.45, 7) is 0.874. The number of nitrogens with zero attached hydrogens (tertiary/aromatic N) is 2. The van der Waals surface area contributed by atoms with Crippen molar-refractivity contribution in [1.29, 1.82) is 0 Å². The zero-order valence-electron chi connectivity index (χ0n) is 19.3. The molecule has 2 N–H and O–H groups in total. The summed E-state index contributed by atoms with van der Waals surface area (Å²) in [6.07, 6.45) is -3.18. The largest absolute Gasteiger partial charge is 0.491 e. The second-order valence-corrected chi connectivity index (χ2v) is 8.45. The van der Waals surface area contributed by atoms with E-state index in [1.165, 1.54) is 18.5 Å². The van der Waals surface area contributed by atoms with Crippen molar-refractivity contribution in [2.24, 2.45) is 0 Å². The molecule has 3 aromatic carbocycles. The molecule has 0 aliphatic heterocycles. The second kappa shape index (κ2) is 11.4. The maximum atomic E-state index is 13.1. The average Bonchev–Trinajstić information content (AvgIpc) is 2.86. The number of methoxy groups -OCH3 is 1. The minimum atomic E-state index is -4.56. The summed E-state index contributed by atoms with van der Waals surface area (Å²) in [5.41, 5.74) is 0.148. The SMILES string of the molecule is COCCOc1ccc2c(Oc3ccc(NC(=O)Nc4ccc(Br)c(C(F)(F)F)c4)cc3)ncnc2c1. The fourth-order valence-corrected chi connectivity index (χ4v) is 3.73. The summed E-state index contributed by atoms with van der Waals surface area (Å²) in [7, 11) is 1.60. The summed E-state index contributed by atoms with van der Waals surface area (Å²) in [5.74, 6) is 1.43. The molecule has 0 atom stereocenters. The number of fused-ring (bicyclic) bond motifs is 1. The van der Waals surface area contributed by atoms with Crippen LogP contribution in [0.3, 0.4) is 0 Å². The third-order valence-electron chi connectivity index (χ3n) is 4.98. The smallest absolute Gasteiger partial charge is 0.417 e. The lowest BCUT2D eigenvalue weighted by Gasteiger charge is -2.13. The lowest BCUT2D eigenvalue weighted by Crippen LogP contribution is -2.19. The number of carbonyl (C=O) groups is 1. The first kappa shape index (κ1) is 26.2. The van der Waals surface area contributed by atoms with Gasteiger partial charge in [-0.25, -0.2) is 14.8 Å². The van der Waals surface area contributed by atoms with Gasteiger partial charge in [0.1, 0.15) is 24.4 Å². The standard InChI is InChI=1S/C25H20BrF3N4O4/c1-35-10-11-36-18-7-8-19-22(13-18)30-14-31-23(19)37-17-5-2-15(3-6-17)32-24(34)33-16-4-9-21(26)20(12-16)25(27,28)29/h2-9,12-14H,10-11H2,1H3,(H2,32,33,34). The number of ether oxygens (including phenoxy) is 3. The Morgan fingerprint density at radius 2 is 1.62 bits per heavy atom. The van der Waals surface area contributed by atoms with Crippen LogP contribution < -0.4 is 20.1 Å². The van der Waals surface area contributed by atoms with Crippen LogP contribution in [-0.4, -0.2) is 36.3 Å². The molecule has 4 aromatic rings. The van der Waals surface area contributed by atoms with E-state index in [-0.39, 0.29) is 10.2 Å². The molecule has 2 amide bonds. The van der Waals surface area contributed by atoms with Crippen LogP contribution in [0.4, 0.5) is 29.3 Å². The molecule has 0 radical (unpaired) electrons. The summed E-state index contributed by atoms with van der Waals surface area (Å²) < 4.78 is 55.6. The monoisotopic (exact) mass is 576 g/mol. The highest BCUT2D eigenvalue weighted by atomic mass is 79.9. The highest BCUT2D eigenvalue weighted by molar-refractivity contribution is 9.10. The van der Waals surface area contributed by atoms with Gasteiger partial charge in [-0.3, -0.25) is 0 Å². The van der Waals surface area contributed by atoms with Crippen LogP contribution in [0, 0.1) is 0 Å². The van der Waals surface area contributed by atoms with Gasteiger partial charge in [0.25, 0.3) is 0 Å². The Labute approximate surface area is 217 Å². The molecule has 0 unspecified atom stereocenters. The number of rotatable bonds is 8. The van der Waals surface area contributed by atoms with Crippen molar-refractivity contribution in [3.8, 4) is 17.4 Å². The van der Waals surface area contributed by atoms with Crippen LogP contribution in [0.1, 0.15) is 5.56 Å². The number of aromatic nitrogens is 2. The van der Waals surface area contributed by atoms with E-state index in [1.54, 1.807) is 49.6 Å². The Bertz CT molecular complexity index is 1400. The van der Waals surface area contributed by atoms with Crippen LogP contribution in [0.15, 0.2) is 71.5 Å². The topological polar surface area (TPSA) is 94.6 Å². The molecule has 0 saturated carbocycles. The van der Waals surface area contributed by atoms with E-state index >= 15 is 0 Å². The Morgan fingerprint density at radius 3 is 2.35 bits per heavy atom. The first-order valence-corrected chi connectivity index (χ1v) is 11.6. The number of hydrogen-bond donors (Lipinski definition) is 2. The third kappa shape index (κ3) is 6.86. The third-order valence-corrected chi connectivity index (χ3v) is 5.68. The normalized spacial score (nSPS) is 11.3. The molecule has 0 saturated heterocycles. The number of amides is 2. The molecule has 192 valence electrons. The van der Waals surface area contributed by atoms with Gasteiger partial charge >= 0.3 is 12.2 Å². The predicted molar refractivity (Wildman–Crippen MR) is 135 cm³/mol. The Kier molecular flexibility index (Phi) is 8.09. The molecule has 8 nitrogen and oxygen atoms in total. The summed E-state index contributed by atoms with van der Waals surface area (Å²) in [5, 5.41) is 5.63. The Balaban J connectivity index is 1.40. The van der Waals surface area contributed by atoms with Crippen molar-refractivity contribution in [2.45, 2.75) is 6.18 Å². The lowest BCUT2D eigenvalue weighted by atomic mass is 10.2. The van der Waals surface area contributed by atoms with E-state index in [0.29, 0.717) is 47.2 Å². The average molecular weight is 577 g/mol. The van der Waals surface area contributed by atoms with Crippen LogP contribution >= 0.6 is 15.9 Å². The van der Waals surface area contributed by atoms with Gasteiger partial charge in [-0.1, -0.05) is 15.9 Å². The number of halogens is 4. The first-order valence-electron chi connectivity index (χ1n) is 10.8. The first-order chi connectivity index (χ1) is 17.7. The molecule has 0 aliphatic rings. The summed E-state index contributed by atoms with van der Waals surface area (Å²) in [4.78, 5) is 20.7. The molecule has 1 heterocycles. The summed E-state index contributed by atoms with van der Waals surface area (Å²) in [6, 6.07) is 14.5. The maximum Gasteiger partial charge on any atom is 0.417 e. The van der Waals surface area contributed by atoms with Gasteiger partial charge in [-0.05, 0) is 54.6 Å². The number of nitrogens with one attached hydrogen (secondary N) is 2. The minimum Gasteiger partial charge on any atom is -0.491 e. The summed E-state index contributed by atoms with van der Waals surface area (Å²) >= 11 is 2.87. The van der Waals surface area contributed by atoms with Crippen molar-refractivity contribution in [1.82, 2.24) is 9.97 Å². The van der Waals surface area contributed by atoms with Crippen LogP contribution in [-0.2, 0) is 10.9 Å². The van der Waals surface area contributed by atoms with E-state index in [9.17, 15) is 18.0 Å². The minimum absolute atomic E-state index is 0.00382. The fraction of sp³-hybridized carbons (Fsp3) is 0.160. The van der Waals surface area contributed by atoms with Gasteiger partial charge in [-0.2, -0.15) is 13.2 Å². The van der Waals surface area contributed by atoms with Crippen LogP contribution in [0.25, 0.3) is 10.9 Å². The van der Waals surface area contributed by atoms with Gasteiger partial charge in [0, 0.05) is 29.0 Å². The molecule has 1 aromatic heterocycles. The molecule has 37 heavy (non-hydrogen) atoms. The molecule has 12 heteroatoms. The van der Waals surface area contributed by atoms with E-state index in [2.05, 4.69) is 36.5 Å². The van der Waals surface area contributed by atoms with Crippen molar-refractivity contribution >= 4 is 44.2 Å². The molecule has 0 bridgehead atoms. The molecule has 0 aliphatic carbocycles. The molecule has 0 spiro atoms. The molecular weight excluding hydrogens is 557 g/mol. The lowest BCUT2D eigenvalue weighted by molar-refractivity contribution is -0.138. The maximum absolute atomic E-state index is 13.1. The van der Waals surface area contributed by atoms with Crippen LogP contribution in [0.2, 0.25) is 0 Å². The number of hydrogen-bond acceptors (Lipinski definition) is 6. The quantitative estimate of drug-likeness (QED) is 0.222. The number of benzene rings is 3. The Morgan fingerprint density at radius 1 is 0.919 bits per heavy atom. The van der Waals surface area contributed by atoms with Crippen molar-refractivity contribution < 1.29 is 32.2 Å². The van der Waals surface area contributed by atoms with Gasteiger partial charge in [-0.15, -0.1) is 0 Å². The highest BCUT2D eigenvalue weighted by Gasteiger charge is 2.33. The van der Waals surface area contributed by atoms with E-state index in [4.69, 9.17) is 14.2 Å². The van der Waals surface area contributed by atoms with E-state index < -0.39 is 17.8 Å². The number of anilines is 2. The molecular formula is C25H20BrF3N4O4. The van der Waals surface area contributed by atoms with Gasteiger partial charge in [0.05, 0.1) is 23.1 Å². The van der Waals surface area contributed by atoms with Gasteiger partial charge < -0.3 is 24.8 Å². The fourth-order valence-electron chi connectivity index (χ4n) is 3.26. The molecule has 0 fully saturated rings. The predicted octanol–water partition coefficient (Wildman–Crippen LogP) is 6.87. The second-order valence-electron chi connectivity index (χ2n) is 7.60. The van der Waals surface area contributed by atoms with Crippen molar-refractivity contribution in [2.75, 3.05) is 31.0 Å². The number of urea groups is 1. The van der Waals surface area contributed by atoms with Gasteiger partial charge in [0.15, 0.2) is 0 Å². The van der Waals surface area contributed by atoms with Crippen molar-refractivity contribution in [3.63, 3.8) is 0 Å². The Hall–Kier alpha value is -3.90. The van der Waals surface area contributed by atoms with Crippen LogP contribution in [0.5, 0.6) is 17.4 Å². The molecule has 4 rings (SSSR count).